The molecule has 0 bridgehead atoms. The number of carboxylic acids is 1. The number of hydrogen-bond donors (Lipinski definition) is 3. The Labute approximate surface area is 262 Å². The average molecular weight is 576 g/mol. The number of carbonyl (C=O) groups excluding carboxylic acids is 1. The van der Waals surface area contributed by atoms with Gasteiger partial charge in [-0.25, -0.2) is 9.07 Å². The van der Waals surface area contributed by atoms with E-state index in [1.54, 1.807) is 16.8 Å². The molecule has 3 atom stereocenters. The molecule has 1 fully saturated rings. The van der Waals surface area contributed by atoms with Gasteiger partial charge in [-0.05, 0) is 67.9 Å². The Kier molecular flexibility index (Phi) is 12.1. The fourth-order valence-electron chi connectivity index (χ4n) is 5.59. The van der Waals surface area contributed by atoms with Crippen molar-refractivity contribution in [3.63, 3.8) is 0 Å². The summed E-state index contributed by atoms with van der Waals surface area (Å²) in [6.07, 6.45) is -0.166. The van der Waals surface area contributed by atoms with Crippen molar-refractivity contribution >= 4 is 41.4 Å². The van der Waals surface area contributed by atoms with Gasteiger partial charge < -0.3 is 20.2 Å². The maximum absolute atomic E-state index is 14.0. The summed E-state index contributed by atoms with van der Waals surface area (Å²) in [6, 6.07) is 16.1. The molecule has 2 aromatic carbocycles. The number of aliphatic hydroxyl groups is 2. The van der Waals surface area contributed by atoms with Crippen molar-refractivity contribution in [2.45, 2.75) is 76.4 Å². The van der Waals surface area contributed by atoms with Gasteiger partial charge in [0.15, 0.2) is 5.69 Å². The van der Waals surface area contributed by atoms with Crippen molar-refractivity contribution in [3.8, 4) is 5.69 Å². The molecule has 3 N–H and O–H groups in total. The number of aromatic nitrogens is 2. The van der Waals surface area contributed by atoms with Gasteiger partial charge in [0.25, 0.3) is 5.91 Å². The van der Waals surface area contributed by atoms with Gasteiger partial charge in [-0.1, -0.05) is 44.2 Å². The summed E-state index contributed by atoms with van der Waals surface area (Å²) in [7, 11) is 0. The van der Waals surface area contributed by atoms with Crippen LogP contribution in [-0.4, -0.2) is 96.7 Å². The quantitative estimate of drug-likeness (QED) is 0.298. The molecule has 1 amide bonds. The molecule has 0 spiro atoms. The summed E-state index contributed by atoms with van der Waals surface area (Å²) < 4.78 is 15.4. The van der Waals surface area contributed by atoms with Crippen molar-refractivity contribution in [2.24, 2.45) is 0 Å². The Balaban J connectivity index is 0.00000462. The molecule has 0 radical (unpaired) electrons. The third-order valence-electron chi connectivity index (χ3n) is 7.52. The number of aliphatic hydroxyl groups excluding tert-OH is 2. The molecule has 0 aliphatic carbocycles. The molecular formula is C31H39FN3NaO5. The van der Waals surface area contributed by atoms with Crippen molar-refractivity contribution < 1.29 is 29.3 Å². The normalized spacial score (nSPS) is 16.7. The van der Waals surface area contributed by atoms with E-state index in [0.29, 0.717) is 30.9 Å². The Hall–Kier alpha value is -2.56. The number of aliphatic carboxylic acids is 1. The van der Waals surface area contributed by atoms with Crippen LogP contribution in [0.25, 0.3) is 5.69 Å². The van der Waals surface area contributed by atoms with Gasteiger partial charge in [-0.2, -0.15) is 5.10 Å². The summed E-state index contributed by atoms with van der Waals surface area (Å²) >= 11 is 0. The van der Waals surface area contributed by atoms with Crippen LogP contribution in [0.4, 0.5) is 4.39 Å². The van der Waals surface area contributed by atoms with Gasteiger partial charge in [0.05, 0.1) is 24.3 Å². The molecule has 10 heteroatoms. The Morgan fingerprint density at radius 1 is 1.05 bits per heavy atom. The Bertz CT molecular complexity index is 1300. The number of halogens is 1. The van der Waals surface area contributed by atoms with Crippen LogP contribution < -0.4 is 0 Å². The molecule has 1 unspecified atom stereocenters. The molecule has 2 heterocycles. The predicted octanol–water partition coefficient (Wildman–Crippen LogP) is 4.03. The van der Waals surface area contributed by atoms with E-state index in [2.05, 4.69) is 12.1 Å². The fraction of sp³-hybridized carbons (Fsp3) is 0.452. The van der Waals surface area contributed by atoms with Gasteiger partial charge in [0, 0.05) is 30.3 Å². The molecule has 1 aliphatic rings. The maximum atomic E-state index is 14.0. The third-order valence-corrected chi connectivity index (χ3v) is 7.52. The number of amides is 1. The second-order valence-electron chi connectivity index (χ2n) is 10.9. The van der Waals surface area contributed by atoms with Crippen LogP contribution in [0.3, 0.4) is 0 Å². The fourth-order valence-corrected chi connectivity index (χ4v) is 5.59. The molecule has 1 saturated heterocycles. The number of nitrogens with zero attached hydrogens (tertiary/aromatic N) is 3. The first-order valence-corrected chi connectivity index (χ1v) is 13.9. The number of rotatable bonds is 11. The molecule has 0 saturated carbocycles. The van der Waals surface area contributed by atoms with Gasteiger partial charge >= 0.3 is 35.5 Å². The minimum atomic E-state index is -1.16. The van der Waals surface area contributed by atoms with Crippen molar-refractivity contribution in [1.29, 1.82) is 0 Å². The molecular weight excluding hydrogens is 536 g/mol. The van der Waals surface area contributed by atoms with Crippen LogP contribution in [0.1, 0.15) is 85.1 Å². The first-order chi connectivity index (χ1) is 19.1. The van der Waals surface area contributed by atoms with Gasteiger partial charge in [0.2, 0.25) is 0 Å². The summed E-state index contributed by atoms with van der Waals surface area (Å²) in [5, 5.41) is 34.2. The Morgan fingerprint density at radius 3 is 2.37 bits per heavy atom. The van der Waals surface area contributed by atoms with E-state index in [1.165, 1.54) is 17.7 Å². The molecule has 4 rings (SSSR count). The second kappa shape index (κ2) is 15.1. The van der Waals surface area contributed by atoms with E-state index < -0.39 is 24.6 Å². The molecule has 1 aromatic heterocycles. The monoisotopic (exact) mass is 575 g/mol. The predicted molar refractivity (Wildman–Crippen MR) is 156 cm³/mol. The van der Waals surface area contributed by atoms with Gasteiger partial charge in [-0.15, -0.1) is 0 Å². The van der Waals surface area contributed by atoms with Gasteiger partial charge in [0.1, 0.15) is 5.82 Å². The summed E-state index contributed by atoms with van der Waals surface area (Å²) in [6.45, 7) is 5.21. The molecule has 3 aromatic rings. The van der Waals surface area contributed by atoms with Gasteiger partial charge in [-0.3, -0.25) is 9.59 Å². The second-order valence-corrected chi connectivity index (χ2v) is 10.9. The summed E-state index contributed by atoms with van der Waals surface area (Å²) in [5.74, 6) is -1.49. The van der Waals surface area contributed by atoms with Crippen molar-refractivity contribution in [1.82, 2.24) is 14.7 Å². The van der Waals surface area contributed by atoms with E-state index in [1.807, 2.05) is 36.9 Å². The molecule has 8 nitrogen and oxygen atoms in total. The van der Waals surface area contributed by atoms with Crippen LogP contribution in [0.5, 0.6) is 0 Å². The minimum absolute atomic E-state index is 0. The number of benzene rings is 2. The topological polar surface area (TPSA) is 116 Å². The van der Waals surface area contributed by atoms with E-state index in [4.69, 9.17) is 10.2 Å². The van der Waals surface area contributed by atoms with Crippen molar-refractivity contribution in [3.05, 3.63) is 82.9 Å². The van der Waals surface area contributed by atoms with E-state index in [9.17, 15) is 24.2 Å². The SMILES string of the molecule is CC(C)c1c(C(=O)N2CCCC(c3ccccc3)C2)nn(-c2ccc(F)cc2)c1CC[C@@H](O)C[C@@H](O)CC(=O)O.[NaH]. The first-order valence-electron chi connectivity index (χ1n) is 13.9. The van der Waals surface area contributed by atoms with Crippen LogP contribution in [-0.2, 0) is 11.2 Å². The number of carbonyl (C=O) groups is 2. The van der Waals surface area contributed by atoms with Crippen LogP contribution in [0, 0.1) is 5.82 Å². The van der Waals surface area contributed by atoms with Crippen LogP contribution in [0.2, 0.25) is 0 Å². The van der Waals surface area contributed by atoms with E-state index >= 15 is 0 Å². The first kappa shape index (κ1) is 32.9. The number of likely N-dealkylation sites (tertiary alicyclic amines) is 1. The van der Waals surface area contributed by atoms with Crippen LogP contribution in [0.15, 0.2) is 54.6 Å². The number of hydrogen-bond acceptors (Lipinski definition) is 5. The summed E-state index contributed by atoms with van der Waals surface area (Å²) in [5.41, 5.74) is 3.66. The van der Waals surface area contributed by atoms with E-state index in [-0.39, 0.29) is 66.0 Å². The molecule has 1 aliphatic heterocycles. The third kappa shape index (κ3) is 8.49. The Morgan fingerprint density at radius 2 is 1.73 bits per heavy atom. The zero-order chi connectivity index (χ0) is 28.8. The standard InChI is InChI=1S/C31H38FN3O5.Na.H/c1-20(2)29-27(15-14-25(36)17-26(37)18-28(38)39)35(24-12-10-23(32)11-13-24)33-30(29)31(40)34-16-6-9-22(19-34)21-7-4-3-5-8-21;;/h3-5,7-8,10-13,20,22,25-26,36-37H,6,9,14-19H2,1-2H3,(H,38,39);;/t22?,25-,26-;;/m1../s1. The number of piperidine rings is 1. The molecule has 216 valence electrons. The van der Waals surface area contributed by atoms with Crippen LogP contribution >= 0.6 is 0 Å². The zero-order valence-electron chi connectivity index (χ0n) is 23.0. The van der Waals surface area contributed by atoms with Crippen molar-refractivity contribution in [2.75, 3.05) is 13.1 Å². The summed E-state index contributed by atoms with van der Waals surface area (Å²) in [4.78, 5) is 26.8. The zero-order valence-corrected chi connectivity index (χ0v) is 23.0. The average Bonchev–Trinajstić information content (AvgIpc) is 3.32. The number of carboxylic acid groups (broad SMARTS) is 1. The van der Waals surface area contributed by atoms with E-state index in [0.717, 1.165) is 24.1 Å². The molecule has 41 heavy (non-hydrogen) atoms.